The van der Waals surface area contributed by atoms with Crippen molar-refractivity contribution >= 4 is 5.91 Å². The molecule has 0 heterocycles. The Kier molecular flexibility index (Phi) is 6.73. The van der Waals surface area contributed by atoms with E-state index in [0.29, 0.717) is 0 Å². The largest absolute Gasteiger partial charge is 0.352 e. The van der Waals surface area contributed by atoms with E-state index in [1.165, 1.54) is 11.1 Å². The molecule has 0 saturated heterocycles. The molecule has 2 N–H and O–H groups in total. The van der Waals surface area contributed by atoms with Gasteiger partial charge in [-0.1, -0.05) is 38.1 Å². The van der Waals surface area contributed by atoms with Crippen LogP contribution in [0.25, 0.3) is 0 Å². The summed E-state index contributed by atoms with van der Waals surface area (Å²) >= 11 is 0. The SMILES string of the molecule is CCc1ccc(C(C)NC(C)C(=O)NC(C)CC)cc1. The van der Waals surface area contributed by atoms with Gasteiger partial charge in [0.15, 0.2) is 0 Å². The summed E-state index contributed by atoms with van der Waals surface area (Å²) < 4.78 is 0. The lowest BCUT2D eigenvalue weighted by Crippen LogP contribution is -2.45. The minimum absolute atomic E-state index is 0.0661. The molecule has 1 amide bonds. The highest BCUT2D eigenvalue weighted by Crippen LogP contribution is 2.14. The van der Waals surface area contributed by atoms with E-state index >= 15 is 0 Å². The second-order valence-corrected chi connectivity index (χ2v) is 5.52. The molecule has 3 unspecified atom stereocenters. The van der Waals surface area contributed by atoms with Crippen LogP contribution in [0.1, 0.15) is 58.2 Å². The van der Waals surface area contributed by atoms with Gasteiger partial charge in [-0.3, -0.25) is 10.1 Å². The second-order valence-electron chi connectivity index (χ2n) is 5.52. The van der Waals surface area contributed by atoms with E-state index in [4.69, 9.17) is 0 Å². The topological polar surface area (TPSA) is 41.1 Å². The molecule has 0 radical (unpaired) electrons. The Morgan fingerprint density at radius 3 is 2.20 bits per heavy atom. The first-order valence-electron chi connectivity index (χ1n) is 7.63. The molecule has 1 aromatic carbocycles. The lowest BCUT2D eigenvalue weighted by molar-refractivity contribution is -0.123. The zero-order chi connectivity index (χ0) is 15.1. The van der Waals surface area contributed by atoms with Crippen molar-refractivity contribution in [2.45, 2.75) is 65.6 Å². The van der Waals surface area contributed by atoms with E-state index in [1.54, 1.807) is 0 Å². The number of carbonyl (C=O) groups is 1. The smallest absolute Gasteiger partial charge is 0.237 e. The van der Waals surface area contributed by atoms with Crippen LogP contribution in [0.4, 0.5) is 0 Å². The standard InChI is InChI=1S/C17H28N2O/c1-6-12(3)18-17(20)14(5)19-13(4)16-10-8-15(7-2)9-11-16/h8-14,19H,6-7H2,1-5H3,(H,18,20). The molecule has 112 valence electrons. The van der Waals surface area contributed by atoms with Crippen molar-refractivity contribution in [3.63, 3.8) is 0 Å². The average molecular weight is 276 g/mol. The molecule has 1 aromatic rings. The zero-order valence-corrected chi connectivity index (χ0v) is 13.4. The molecule has 0 saturated carbocycles. The van der Waals surface area contributed by atoms with E-state index in [-0.39, 0.29) is 24.0 Å². The van der Waals surface area contributed by atoms with Gasteiger partial charge in [-0.2, -0.15) is 0 Å². The van der Waals surface area contributed by atoms with Crippen LogP contribution in [-0.2, 0) is 11.2 Å². The van der Waals surface area contributed by atoms with Gasteiger partial charge in [0.1, 0.15) is 0 Å². The third-order valence-electron chi connectivity index (χ3n) is 3.78. The van der Waals surface area contributed by atoms with E-state index < -0.39 is 0 Å². The monoisotopic (exact) mass is 276 g/mol. The summed E-state index contributed by atoms with van der Waals surface area (Å²) in [6, 6.07) is 8.77. The van der Waals surface area contributed by atoms with Crippen molar-refractivity contribution in [3.8, 4) is 0 Å². The lowest BCUT2D eigenvalue weighted by Gasteiger charge is -2.22. The second kappa shape index (κ2) is 8.05. The highest BCUT2D eigenvalue weighted by Gasteiger charge is 2.17. The predicted octanol–water partition coefficient (Wildman–Crippen LogP) is 3.20. The molecule has 0 aromatic heterocycles. The molecule has 0 fully saturated rings. The van der Waals surface area contributed by atoms with Crippen molar-refractivity contribution in [3.05, 3.63) is 35.4 Å². The van der Waals surface area contributed by atoms with E-state index in [2.05, 4.69) is 55.7 Å². The van der Waals surface area contributed by atoms with Crippen LogP contribution in [0.3, 0.4) is 0 Å². The number of hydrogen-bond acceptors (Lipinski definition) is 2. The number of aryl methyl sites for hydroxylation is 1. The molecule has 3 nitrogen and oxygen atoms in total. The predicted molar refractivity (Wildman–Crippen MR) is 84.7 cm³/mol. The van der Waals surface area contributed by atoms with Crippen molar-refractivity contribution in [1.29, 1.82) is 0 Å². The first-order valence-corrected chi connectivity index (χ1v) is 7.63. The van der Waals surface area contributed by atoms with Crippen LogP contribution in [0.5, 0.6) is 0 Å². The van der Waals surface area contributed by atoms with E-state index in [0.717, 1.165) is 12.8 Å². The summed E-state index contributed by atoms with van der Waals surface area (Å²) in [4.78, 5) is 12.0. The molecular formula is C17H28N2O. The van der Waals surface area contributed by atoms with Crippen molar-refractivity contribution in [1.82, 2.24) is 10.6 Å². The van der Waals surface area contributed by atoms with Gasteiger partial charge in [0.2, 0.25) is 5.91 Å². The fourth-order valence-corrected chi connectivity index (χ4v) is 2.06. The molecule has 3 atom stereocenters. The zero-order valence-electron chi connectivity index (χ0n) is 13.4. The molecule has 0 aliphatic carbocycles. The lowest BCUT2D eigenvalue weighted by atomic mass is 10.0. The highest BCUT2D eigenvalue weighted by molar-refractivity contribution is 5.81. The van der Waals surface area contributed by atoms with Crippen molar-refractivity contribution in [2.24, 2.45) is 0 Å². The number of nitrogens with one attached hydrogen (secondary N) is 2. The molecule has 20 heavy (non-hydrogen) atoms. The summed E-state index contributed by atoms with van der Waals surface area (Å²) in [5.74, 6) is 0.0661. The van der Waals surface area contributed by atoms with Gasteiger partial charge in [-0.15, -0.1) is 0 Å². The number of carbonyl (C=O) groups excluding carboxylic acids is 1. The van der Waals surface area contributed by atoms with Gasteiger partial charge in [0.05, 0.1) is 6.04 Å². The fourth-order valence-electron chi connectivity index (χ4n) is 2.06. The molecule has 0 aliphatic heterocycles. The minimum atomic E-state index is -0.190. The molecule has 0 aliphatic rings. The number of hydrogen-bond donors (Lipinski definition) is 2. The normalized spacial score (nSPS) is 15.4. The van der Waals surface area contributed by atoms with E-state index in [1.807, 2.05) is 13.8 Å². The Labute approximate surface area is 123 Å². The summed E-state index contributed by atoms with van der Waals surface area (Å²) in [7, 11) is 0. The fraction of sp³-hybridized carbons (Fsp3) is 0.588. The van der Waals surface area contributed by atoms with Gasteiger partial charge in [-0.25, -0.2) is 0 Å². The van der Waals surface area contributed by atoms with Crippen LogP contribution < -0.4 is 10.6 Å². The quantitative estimate of drug-likeness (QED) is 0.803. The van der Waals surface area contributed by atoms with Crippen LogP contribution in [0, 0.1) is 0 Å². The van der Waals surface area contributed by atoms with Crippen LogP contribution in [0.2, 0.25) is 0 Å². The molecule has 0 spiro atoms. The molecule has 3 heteroatoms. The first kappa shape index (κ1) is 16.7. The minimum Gasteiger partial charge on any atom is -0.352 e. The average Bonchev–Trinajstić information content (AvgIpc) is 2.46. The molecule has 1 rings (SSSR count). The summed E-state index contributed by atoms with van der Waals surface area (Å²) in [5.41, 5.74) is 2.55. The Balaban J connectivity index is 2.55. The number of amides is 1. The Hall–Kier alpha value is -1.35. The Morgan fingerprint density at radius 2 is 1.70 bits per heavy atom. The third kappa shape index (κ3) is 4.97. The maximum atomic E-state index is 12.0. The summed E-state index contributed by atoms with van der Waals surface area (Å²) in [6.45, 7) is 10.2. The van der Waals surface area contributed by atoms with Gasteiger partial charge in [-0.05, 0) is 44.7 Å². The third-order valence-corrected chi connectivity index (χ3v) is 3.78. The van der Waals surface area contributed by atoms with Gasteiger partial charge in [0.25, 0.3) is 0 Å². The van der Waals surface area contributed by atoms with Crippen molar-refractivity contribution < 1.29 is 4.79 Å². The van der Waals surface area contributed by atoms with E-state index in [9.17, 15) is 4.79 Å². The first-order chi connectivity index (χ1) is 9.47. The maximum Gasteiger partial charge on any atom is 0.237 e. The molecular weight excluding hydrogens is 248 g/mol. The van der Waals surface area contributed by atoms with Gasteiger partial charge in [0, 0.05) is 12.1 Å². The van der Waals surface area contributed by atoms with Gasteiger partial charge >= 0.3 is 0 Å². The molecule has 0 bridgehead atoms. The summed E-state index contributed by atoms with van der Waals surface area (Å²) in [5, 5.41) is 6.35. The van der Waals surface area contributed by atoms with Crippen molar-refractivity contribution in [2.75, 3.05) is 0 Å². The highest BCUT2D eigenvalue weighted by atomic mass is 16.2. The maximum absolute atomic E-state index is 12.0. The van der Waals surface area contributed by atoms with Crippen LogP contribution >= 0.6 is 0 Å². The van der Waals surface area contributed by atoms with Crippen LogP contribution in [-0.4, -0.2) is 18.0 Å². The summed E-state index contributed by atoms with van der Waals surface area (Å²) in [6.07, 6.45) is 2.00. The van der Waals surface area contributed by atoms with Crippen LogP contribution in [0.15, 0.2) is 24.3 Å². The number of benzene rings is 1. The number of rotatable bonds is 7. The Morgan fingerprint density at radius 1 is 1.10 bits per heavy atom. The Bertz CT molecular complexity index is 414. The van der Waals surface area contributed by atoms with Gasteiger partial charge < -0.3 is 5.32 Å².